The Morgan fingerprint density at radius 3 is 2.79 bits per heavy atom. The van der Waals surface area contributed by atoms with Crippen LogP contribution in [0.4, 0.5) is 4.39 Å². The number of amides is 1. The molecule has 3 nitrogen and oxygen atoms in total. The Morgan fingerprint density at radius 2 is 2.11 bits per heavy atom. The standard InChI is InChI=1S/C15H17FN2O/c1-2-10-5-6-12(16)14-11(10)9-13(17-14)15(19)18-7-3-4-8-18/h5-6,9,17H,2-4,7-8H2,1H3. The minimum absolute atomic E-state index is 0.0184. The molecular formula is C15H17FN2O. The lowest BCUT2D eigenvalue weighted by Gasteiger charge is -2.13. The molecule has 2 aromatic rings. The van der Waals surface area contributed by atoms with Gasteiger partial charge in [-0.3, -0.25) is 4.79 Å². The van der Waals surface area contributed by atoms with Gasteiger partial charge in [-0.2, -0.15) is 0 Å². The van der Waals surface area contributed by atoms with Crippen LogP contribution >= 0.6 is 0 Å². The Kier molecular flexibility index (Phi) is 3.01. The Hall–Kier alpha value is -1.84. The fraction of sp³-hybridized carbons (Fsp3) is 0.400. The SMILES string of the molecule is CCc1ccc(F)c2[nH]c(C(=O)N3CCCC3)cc12. The molecule has 1 N–H and O–H groups in total. The quantitative estimate of drug-likeness (QED) is 0.885. The first-order valence-corrected chi connectivity index (χ1v) is 6.80. The summed E-state index contributed by atoms with van der Waals surface area (Å²) in [5, 5.41) is 0.824. The molecule has 0 spiro atoms. The van der Waals surface area contributed by atoms with Crippen molar-refractivity contribution >= 4 is 16.8 Å². The van der Waals surface area contributed by atoms with Crippen LogP contribution in [-0.2, 0) is 6.42 Å². The monoisotopic (exact) mass is 260 g/mol. The highest BCUT2D eigenvalue weighted by Gasteiger charge is 2.22. The van der Waals surface area contributed by atoms with E-state index < -0.39 is 0 Å². The normalized spacial score (nSPS) is 15.4. The van der Waals surface area contributed by atoms with Crippen molar-refractivity contribution in [3.63, 3.8) is 0 Å². The number of aromatic nitrogens is 1. The molecule has 1 aliphatic heterocycles. The number of rotatable bonds is 2. The number of carbonyl (C=O) groups excluding carboxylic acids is 1. The third kappa shape index (κ3) is 2.01. The van der Waals surface area contributed by atoms with Gasteiger partial charge in [-0.25, -0.2) is 4.39 Å². The molecule has 1 amide bonds. The first-order chi connectivity index (χ1) is 9.20. The number of nitrogens with one attached hydrogen (secondary N) is 1. The molecule has 4 heteroatoms. The van der Waals surface area contributed by atoms with Gasteiger partial charge in [0.2, 0.25) is 0 Å². The van der Waals surface area contributed by atoms with Gasteiger partial charge in [-0.05, 0) is 37.0 Å². The Bertz CT molecular complexity index is 626. The van der Waals surface area contributed by atoms with Crippen LogP contribution in [0, 0.1) is 5.82 Å². The molecule has 1 aliphatic rings. The van der Waals surface area contributed by atoms with Gasteiger partial charge in [0.1, 0.15) is 11.5 Å². The average Bonchev–Trinajstić information content (AvgIpc) is 3.08. The van der Waals surface area contributed by atoms with Crippen molar-refractivity contribution in [1.82, 2.24) is 9.88 Å². The molecule has 0 saturated carbocycles. The Balaban J connectivity index is 2.05. The van der Waals surface area contributed by atoms with E-state index in [1.54, 1.807) is 12.1 Å². The summed E-state index contributed by atoms with van der Waals surface area (Å²) in [5.74, 6) is -0.317. The molecule has 0 bridgehead atoms. The largest absolute Gasteiger partial charge is 0.348 e. The number of benzene rings is 1. The topological polar surface area (TPSA) is 36.1 Å². The molecule has 3 rings (SSSR count). The number of halogens is 1. The Labute approximate surface area is 111 Å². The van der Waals surface area contributed by atoms with Crippen molar-refractivity contribution in [1.29, 1.82) is 0 Å². The van der Waals surface area contributed by atoms with E-state index in [1.165, 1.54) is 6.07 Å². The second kappa shape index (κ2) is 4.68. The fourth-order valence-corrected chi connectivity index (χ4v) is 2.76. The van der Waals surface area contributed by atoms with Crippen molar-refractivity contribution in [2.24, 2.45) is 0 Å². The molecule has 1 aromatic carbocycles. The molecule has 100 valence electrons. The third-order valence-electron chi connectivity index (χ3n) is 3.84. The third-order valence-corrected chi connectivity index (χ3v) is 3.84. The highest BCUT2D eigenvalue weighted by Crippen LogP contribution is 2.24. The predicted molar refractivity (Wildman–Crippen MR) is 72.8 cm³/mol. The van der Waals surface area contributed by atoms with Crippen LogP contribution in [0.15, 0.2) is 18.2 Å². The van der Waals surface area contributed by atoms with Crippen LogP contribution < -0.4 is 0 Å². The van der Waals surface area contributed by atoms with Crippen LogP contribution in [0.25, 0.3) is 10.9 Å². The van der Waals surface area contributed by atoms with Gasteiger partial charge in [-0.1, -0.05) is 13.0 Å². The molecule has 0 atom stereocenters. The summed E-state index contributed by atoms with van der Waals surface area (Å²) in [5.41, 5.74) is 2.01. The molecule has 1 fully saturated rings. The number of aromatic amines is 1. The molecular weight excluding hydrogens is 243 g/mol. The number of aryl methyl sites for hydroxylation is 1. The van der Waals surface area contributed by atoms with Crippen LogP contribution in [0.1, 0.15) is 35.8 Å². The maximum Gasteiger partial charge on any atom is 0.270 e. The van der Waals surface area contributed by atoms with E-state index in [4.69, 9.17) is 0 Å². The molecule has 0 aliphatic carbocycles. The molecule has 19 heavy (non-hydrogen) atoms. The van der Waals surface area contributed by atoms with Crippen molar-refractivity contribution in [2.75, 3.05) is 13.1 Å². The lowest BCUT2D eigenvalue weighted by Crippen LogP contribution is -2.27. The summed E-state index contributed by atoms with van der Waals surface area (Å²) in [4.78, 5) is 17.1. The molecule has 1 aromatic heterocycles. The van der Waals surface area contributed by atoms with E-state index in [2.05, 4.69) is 4.98 Å². The van der Waals surface area contributed by atoms with E-state index in [-0.39, 0.29) is 11.7 Å². The second-order valence-corrected chi connectivity index (χ2v) is 5.03. The summed E-state index contributed by atoms with van der Waals surface area (Å²) in [6.07, 6.45) is 2.94. The van der Waals surface area contributed by atoms with E-state index in [9.17, 15) is 9.18 Å². The molecule has 0 radical (unpaired) electrons. The Morgan fingerprint density at radius 1 is 1.37 bits per heavy atom. The van der Waals surface area contributed by atoms with Gasteiger partial charge < -0.3 is 9.88 Å². The lowest BCUT2D eigenvalue weighted by molar-refractivity contribution is 0.0788. The van der Waals surface area contributed by atoms with E-state index in [0.717, 1.165) is 43.3 Å². The van der Waals surface area contributed by atoms with Gasteiger partial charge in [0, 0.05) is 18.5 Å². The summed E-state index contributed by atoms with van der Waals surface area (Å²) in [6, 6.07) is 5.04. The molecule has 0 unspecified atom stereocenters. The highest BCUT2D eigenvalue weighted by atomic mass is 19.1. The van der Waals surface area contributed by atoms with E-state index in [0.29, 0.717) is 11.2 Å². The average molecular weight is 260 g/mol. The smallest absolute Gasteiger partial charge is 0.270 e. The van der Waals surface area contributed by atoms with Gasteiger partial charge >= 0.3 is 0 Å². The van der Waals surface area contributed by atoms with Gasteiger partial charge in [-0.15, -0.1) is 0 Å². The van der Waals surface area contributed by atoms with Crippen molar-refractivity contribution in [2.45, 2.75) is 26.2 Å². The second-order valence-electron chi connectivity index (χ2n) is 5.03. The van der Waals surface area contributed by atoms with Crippen molar-refractivity contribution in [3.05, 3.63) is 35.3 Å². The zero-order valence-electron chi connectivity index (χ0n) is 11.0. The maximum absolute atomic E-state index is 13.8. The summed E-state index contributed by atoms with van der Waals surface area (Å²) in [6.45, 7) is 3.64. The first-order valence-electron chi connectivity index (χ1n) is 6.80. The number of H-pyrrole nitrogens is 1. The first kappa shape index (κ1) is 12.2. The number of hydrogen-bond donors (Lipinski definition) is 1. The van der Waals surface area contributed by atoms with Crippen LogP contribution in [0.2, 0.25) is 0 Å². The summed E-state index contributed by atoms with van der Waals surface area (Å²) in [7, 11) is 0. The van der Waals surface area contributed by atoms with E-state index in [1.807, 2.05) is 11.8 Å². The van der Waals surface area contributed by atoms with Crippen LogP contribution in [0.5, 0.6) is 0 Å². The number of carbonyl (C=O) groups is 1. The lowest BCUT2D eigenvalue weighted by atomic mass is 10.1. The fourth-order valence-electron chi connectivity index (χ4n) is 2.76. The highest BCUT2D eigenvalue weighted by molar-refractivity contribution is 5.99. The van der Waals surface area contributed by atoms with Gasteiger partial charge in [0.05, 0.1) is 5.52 Å². The van der Waals surface area contributed by atoms with Crippen molar-refractivity contribution in [3.8, 4) is 0 Å². The van der Waals surface area contributed by atoms with Crippen molar-refractivity contribution < 1.29 is 9.18 Å². The minimum atomic E-state index is -0.298. The maximum atomic E-state index is 13.8. The number of nitrogens with zero attached hydrogens (tertiary/aromatic N) is 1. The zero-order chi connectivity index (χ0) is 13.4. The number of hydrogen-bond acceptors (Lipinski definition) is 1. The van der Waals surface area contributed by atoms with Gasteiger partial charge in [0.15, 0.2) is 0 Å². The summed E-state index contributed by atoms with van der Waals surface area (Å²) < 4.78 is 13.8. The predicted octanol–water partition coefficient (Wildman–Crippen LogP) is 3.11. The molecule has 1 saturated heterocycles. The number of likely N-dealkylation sites (tertiary alicyclic amines) is 1. The minimum Gasteiger partial charge on any atom is -0.348 e. The van der Waals surface area contributed by atoms with E-state index >= 15 is 0 Å². The van der Waals surface area contributed by atoms with Crippen LogP contribution in [-0.4, -0.2) is 28.9 Å². The molecule has 2 heterocycles. The van der Waals surface area contributed by atoms with Crippen LogP contribution in [0.3, 0.4) is 0 Å². The number of fused-ring (bicyclic) bond motifs is 1. The van der Waals surface area contributed by atoms with Gasteiger partial charge in [0.25, 0.3) is 5.91 Å². The zero-order valence-corrected chi connectivity index (χ0v) is 11.0. The summed E-state index contributed by atoms with van der Waals surface area (Å²) >= 11 is 0.